The third-order valence-corrected chi connectivity index (χ3v) is 6.92. The highest BCUT2D eigenvalue weighted by atomic mass is 32.2. The summed E-state index contributed by atoms with van der Waals surface area (Å²) in [5.74, 6) is 1.20. The molecule has 0 spiro atoms. The SMILES string of the molecule is Cc1cc2oc(=O)cc(CSc3nnc(-c4ccccc4)n3-c3ccc(F)cc3)c2cc1C(C)C. The third-order valence-electron chi connectivity index (χ3n) is 5.95. The molecule has 35 heavy (non-hydrogen) atoms. The number of hydrogen-bond acceptors (Lipinski definition) is 5. The molecule has 3 aromatic carbocycles. The summed E-state index contributed by atoms with van der Waals surface area (Å²) in [6, 6.07) is 21.6. The minimum atomic E-state index is -0.380. The van der Waals surface area contributed by atoms with E-state index in [1.807, 2.05) is 47.9 Å². The molecule has 7 heteroatoms. The smallest absolute Gasteiger partial charge is 0.336 e. The van der Waals surface area contributed by atoms with Gasteiger partial charge in [-0.1, -0.05) is 55.9 Å². The number of benzene rings is 3. The van der Waals surface area contributed by atoms with Crippen LogP contribution in [0.5, 0.6) is 0 Å². The van der Waals surface area contributed by atoms with Crippen molar-refractivity contribution in [1.29, 1.82) is 0 Å². The number of halogens is 1. The number of rotatable bonds is 6. The van der Waals surface area contributed by atoms with Crippen LogP contribution in [-0.2, 0) is 5.75 Å². The maximum absolute atomic E-state index is 13.6. The number of aromatic nitrogens is 3. The average Bonchev–Trinajstić information content (AvgIpc) is 3.26. The fourth-order valence-electron chi connectivity index (χ4n) is 4.24. The number of thioether (sulfide) groups is 1. The van der Waals surface area contributed by atoms with Gasteiger partial charge in [0.2, 0.25) is 0 Å². The van der Waals surface area contributed by atoms with Gasteiger partial charge in [-0.05, 0) is 65.9 Å². The number of fused-ring (bicyclic) bond motifs is 1. The van der Waals surface area contributed by atoms with Gasteiger partial charge in [0.05, 0.1) is 0 Å². The van der Waals surface area contributed by atoms with Gasteiger partial charge in [-0.2, -0.15) is 0 Å². The molecular formula is C28H24FN3O2S. The van der Waals surface area contributed by atoms with Crippen LogP contribution >= 0.6 is 11.8 Å². The molecule has 0 saturated heterocycles. The summed E-state index contributed by atoms with van der Waals surface area (Å²) in [5, 5.41) is 10.5. The Bertz CT molecular complexity index is 1560. The molecule has 5 rings (SSSR count). The number of aryl methyl sites for hydroxylation is 1. The number of nitrogens with zero attached hydrogens (tertiary/aromatic N) is 3. The Morgan fingerprint density at radius 1 is 1.00 bits per heavy atom. The Labute approximate surface area is 206 Å². The van der Waals surface area contributed by atoms with Crippen molar-refractivity contribution < 1.29 is 8.81 Å². The Kier molecular flexibility index (Phi) is 6.26. The Morgan fingerprint density at radius 2 is 1.74 bits per heavy atom. The van der Waals surface area contributed by atoms with Gasteiger partial charge in [0.25, 0.3) is 0 Å². The molecule has 176 valence electrons. The second kappa shape index (κ2) is 9.50. The van der Waals surface area contributed by atoms with Crippen molar-refractivity contribution in [1.82, 2.24) is 14.8 Å². The van der Waals surface area contributed by atoms with Gasteiger partial charge in [0, 0.05) is 28.5 Å². The summed E-state index contributed by atoms with van der Waals surface area (Å²) in [4.78, 5) is 12.3. The standard InChI is InChI=1S/C28H24FN3O2S/c1-17(2)23-15-24-20(14-26(33)34-25(24)13-18(23)3)16-35-28-31-30-27(19-7-5-4-6-8-19)32(28)22-11-9-21(29)10-12-22/h4-15,17H,16H2,1-3H3. The zero-order chi connectivity index (χ0) is 24.5. The predicted molar refractivity (Wildman–Crippen MR) is 138 cm³/mol. The second-order valence-corrected chi connectivity index (χ2v) is 9.67. The molecule has 0 amide bonds. The maximum Gasteiger partial charge on any atom is 0.336 e. The summed E-state index contributed by atoms with van der Waals surface area (Å²) < 4.78 is 21.1. The van der Waals surface area contributed by atoms with E-state index >= 15 is 0 Å². The van der Waals surface area contributed by atoms with Crippen LogP contribution in [-0.4, -0.2) is 14.8 Å². The monoisotopic (exact) mass is 485 g/mol. The molecule has 2 aromatic heterocycles. The molecule has 0 bridgehead atoms. The van der Waals surface area contributed by atoms with Crippen molar-refractivity contribution in [2.24, 2.45) is 0 Å². The molecule has 0 aliphatic heterocycles. The second-order valence-electron chi connectivity index (χ2n) is 8.72. The van der Waals surface area contributed by atoms with Gasteiger partial charge in [-0.3, -0.25) is 4.57 Å². The van der Waals surface area contributed by atoms with Crippen molar-refractivity contribution in [3.05, 3.63) is 106 Å². The highest BCUT2D eigenvalue weighted by molar-refractivity contribution is 7.98. The van der Waals surface area contributed by atoms with E-state index in [1.165, 1.54) is 29.5 Å². The summed E-state index contributed by atoms with van der Waals surface area (Å²) in [5.41, 5.74) is 5.06. The van der Waals surface area contributed by atoms with Gasteiger partial charge in [-0.15, -0.1) is 10.2 Å². The van der Waals surface area contributed by atoms with Gasteiger partial charge in [-0.25, -0.2) is 9.18 Å². The van der Waals surface area contributed by atoms with E-state index in [-0.39, 0.29) is 11.4 Å². The van der Waals surface area contributed by atoms with Crippen molar-refractivity contribution in [3.63, 3.8) is 0 Å². The fraction of sp³-hybridized carbons (Fsp3) is 0.179. The van der Waals surface area contributed by atoms with Crippen molar-refractivity contribution in [2.45, 2.75) is 37.6 Å². The van der Waals surface area contributed by atoms with E-state index in [1.54, 1.807) is 18.2 Å². The van der Waals surface area contributed by atoms with E-state index in [2.05, 4.69) is 30.1 Å². The zero-order valence-electron chi connectivity index (χ0n) is 19.7. The Morgan fingerprint density at radius 3 is 2.46 bits per heavy atom. The molecule has 0 radical (unpaired) electrons. The van der Waals surface area contributed by atoms with Crippen LogP contribution in [0.1, 0.15) is 36.5 Å². The fourth-order valence-corrected chi connectivity index (χ4v) is 5.18. The van der Waals surface area contributed by atoms with Crippen LogP contribution in [0.15, 0.2) is 87.2 Å². The number of hydrogen-bond donors (Lipinski definition) is 0. The molecule has 0 unspecified atom stereocenters. The molecule has 0 aliphatic carbocycles. The summed E-state index contributed by atoms with van der Waals surface area (Å²) in [6.45, 7) is 6.34. The summed E-state index contributed by atoms with van der Waals surface area (Å²) in [6.07, 6.45) is 0. The molecule has 2 heterocycles. The van der Waals surface area contributed by atoms with Gasteiger partial charge in [0.15, 0.2) is 11.0 Å². The molecule has 0 N–H and O–H groups in total. The van der Waals surface area contributed by atoms with Crippen LogP contribution in [0.2, 0.25) is 0 Å². The van der Waals surface area contributed by atoms with Crippen LogP contribution < -0.4 is 5.63 Å². The van der Waals surface area contributed by atoms with E-state index in [0.717, 1.165) is 27.8 Å². The van der Waals surface area contributed by atoms with E-state index in [0.29, 0.717) is 28.2 Å². The minimum absolute atomic E-state index is 0.309. The minimum Gasteiger partial charge on any atom is -0.423 e. The Balaban J connectivity index is 1.57. The first-order valence-corrected chi connectivity index (χ1v) is 12.4. The van der Waals surface area contributed by atoms with Crippen LogP contribution in [0.3, 0.4) is 0 Å². The molecular weight excluding hydrogens is 461 g/mol. The van der Waals surface area contributed by atoms with E-state index in [9.17, 15) is 9.18 Å². The summed E-state index contributed by atoms with van der Waals surface area (Å²) in [7, 11) is 0. The lowest BCUT2D eigenvalue weighted by atomic mass is 9.95. The molecule has 0 saturated carbocycles. The third kappa shape index (κ3) is 4.64. The maximum atomic E-state index is 13.6. The normalized spacial score (nSPS) is 11.5. The highest BCUT2D eigenvalue weighted by Crippen LogP contribution is 2.33. The molecule has 0 atom stereocenters. The first-order chi connectivity index (χ1) is 16.9. The van der Waals surface area contributed by atoms with Gasteiger partial charge >= 0.3 is 5.63 Å². The topological polar surface area (TPSA) is 60.9 Å². The van der Waals surface area contributed by atoms with Crippen molar-refractivity contribution in [2.75, 3.05) is 0 Å². The van der Waals surface area contributed by atoms with E-state index < -0.39 is 0 Å². The molecule has 0 aliphatic rings. The molecule has 0 fully saturated rings. The van der Waals surface area contributed by atoms with Gasteiger partial charge in [0.1, 0.15) is 11.4 Å². The predicted octanol–water partition coefficient (Wildman–Crippen LogP) is 6.90. The van der Waals surface area contributed by atoms with Crippen molar-refractivity contribution in [3.8, 4) is 17.1 Å². The lowest BCUT2D eigenvalue weighted by Gasteiger charge is -2.13. The van der Waals surface area contributed by atoms with Gasteiger partial charge < -0.3 is 4.42 Å². The zero-order valence-corrected chi connectivity index (χ0v) is 20.5. The highest BCUT2D eigenvalue weighted by Gasteiger charge is 2.18. The van der Waals surface area contributed by atoms with Crippen molar-refractivity contribution >= 4 is 22.7 Å². The first kappa shape index (κ1) is 23.1. The van der Waals surface area contributed by atoms with Crippen LogP contribution in [0.4, 0.5) is 4.39 Å². The first-order valence-electron chi connectivity index (χ1n) is 11.4. The quantitative estimate of drug-likeness (QED) is 0.193. The van der Waals surface area contributed by atoms with Crippen LogP contribution in [0.25, 0.3) is 28.0 Å². The molecule has 5 aromatic rings. The largest absolute Gasteiger partial charge is 0.423 e. The average molecular weight is 486 g/mol. The van der Waals surface area contributed by atoms with E-state index in [4.69, 9.17) is 4.42 Å². The lowest BCUT2D eigenvalue weighted by molar-refractivity contribution is 0.559. The lowest BCUT2D eigenvalue weighted by Crippen LogP contribution is -2.03. The Hall–Kier alpha value is -3.71. The molecule has 5 nitrogen and oxygen atoms in total. The van der Waals surface area contributed by atoms with Crippen LogP contribution in [0, 0.1) is 12.7 Å². The summed E-state index contributed by atoms with van der Waals surface area (Å²) >= 11 is 1.47.